The largest absolute Gasteiger partial charge is 0.343 e. The van der Waals surface area contributed by atoms with E-state index in [1.165, 1.54) is 22.3 Å². The smallest absolute Gasteiger partial charge is 0.130 e. The number of rotatable bonds is 1. The van der Waals surface area contributed by atoms with E-state index >= 15 is 0 Å². The summed E-state index contributed by atoms with van der Waals surface area (Å²) in [5.74, 6) is 0.930. The van der Waals surface area contributed by atoms with Crippen molar-refractivity contribution >= 4 is 12.2 Å². The van der Waals surface area contributed by atoms with E-state index in [-0.39, 0.29) is 5.41 Å². The van der Waals surface area contributed by atoms with Crippen molar-refractivity contribution in [2.45, 2.75) is 47.0 Å². The highest BCUT2D eigenvalue weighted by Gasteiger charge is 2.18. The van der Waals surface area contributed by atoms with Crippen LogP contribution >= 0.6 is 12.2 Å². The Morgan fingerprint density at radius 2 is 1.55 bits per heavy atom. The Balaban J connectivity index is 2.71. The predicted octanol–water partition coefficient (Wildman–Crippen LogP) is 5.03. The Kier molecular flexibility index (Phi) is 3.83. The maximum atomic E-state index is 5.34. The van der Waals surface area contributed by atoms with Gasteiger partial charge in [-0.2, -0.15) is 0 Å². The minimum atomic E-state index is -0.0456. The second-order valence-corrected chi connectivity index (χ2v) is 6.92. The van der Waals surface area contributed by atoms with Crippen LogP contribution in [0.5, 0.6) is 0 Å². The van der Waals surface area contributed by atoms with Gasteiger partial charge in [-0.3, -0.25) is 0 Å². The lowest BCUT2D eigenvalue weighted by molar-refractivity contribution is 0.545. The molecule has 0 saturated carbocycles. The Bertz CT molecular complexity index is 683. The number of H-pyrrole nitrogens is 1. The van der Waals surface area contributed by atoms with Crippen LogP contribution in [0.1, 0.15) is 43.3 Å². The predicted molar refractivity (Wildman–Crippen MR) is 87.8 cm³/mol. The second kappa shape index (κ2) is 5.13. The average Bonchev–Trinajstić information content (AvgIpc) is 2.25. The summed E-state index contributed by atoms with van der Waals surface area (Å²) < 4.78 is 0.642. The van der Waals surface area contributed by atoms with Crippen molar-refractivity contribution in [3.63, 3.8) is 0 Å². The Morgan fingerprint density at radius 1 is 1.00 bits per heavy atom. The molecule has 0 atom stereocenters. The van der Waals surface area contributed by atoms with Crippen LogP contribution in [0.2, 0.25) is 0 Å². The lowest BCUT2D eigenvalue weighted by Gasteiger charge is -2.20. The molecule has 20 heavy (non-hydrogen) atoms. The van der Waals surface area contributed by atoms with Gasteiger partial charge >= 0.3 is 0 Å². The minimum Gasteiger partial charge on any atom is -0.343 e. The highest BCUT2D eigenvalue weighted by molar-refractivity contribution is 7.71. The van der Waals surface area contributed by atoms with Crippen molar-refractivity contribution in [2.24, 2.45) is 0 Å². The molecule has 0 radical (unpaired) electrons. The molecule has 3 heteroatoms. The zero-order valence-electron chi connectivity index (χ0n) is 13.1. The van der Waals surface area contributed by atoms with Gasteiger partial charge in [0.1, 0.15) is 10.5 Å². The Morgan fingerprint density at radius 3 is 2.05 bits per heavy atom. The molecule has 0 bridgehead atoms. The van der Waals surface area contributed by atoms with Crippen LogP contribution in [0.4, 0.5) is 0 Å². The summed E-state index contributed by atoms with van der Waals surface area (Å²) in [4.78, 5) is 7.93. The molecule has 0 aliphatic rings. The number of hydrogen-bond acceptors (Lipinski definition) is 2. The zero-order valence-corrected chi connectivity index (χ0v) is 13.9. The zero-order chi connectivity index (χ0) is 15.1. The highest BCUT2D eigenvalue weighted by Crippen LogP contribution is 2.28. The Labute approximate surface area is 126 Å². The number of benzene rings is 1. The van der Waals surface area contributed by atoms with Gasteiger partial charge in [0.25, 0.3) is 0 Å². The molecule has 0 saturated heterocycles. The third kappa shape index (κ3) is 2.98. The van der Waals surface area contributed by atoms with Crippen LogP contribution in [0, 0.1) is 25.4 Å². The highest BCUT2D eigenvalue weighted by atomic mass is 32.1. The fourth-order valence-corrected chi connectivity index (χ4v) is 2.76. The molecule has 2 nitrogen and oxygen atoms in total. The number of hydrogen-bond donors (Lipinski definition) is 1. The molecule has 0 aliphatic carbocycles. The molecule has 0 unspecified atom stereocenters. The van der Waals surface area contributed by atoms with Crippen LogP contribution in [-0.4, -0.2) is 9.97 Å². The van der Waals surface area contributed by atoms with Gasteiger partial charge in [-0.25, -0.2) is 4.98 Å². The van der Waals surface area contributed by atoms with Gasteiger partial charge in [0.2, 0.25) is 0 Å². The molecule has 0 spiro atoms. The van der Waals surface area contributed by atoms with Crippen LogP contribution in [0.3, 0.4) is 0 Å². The van der Waals surface area contributed by atoms with Crippen molar-refractivity contribution in [3.8, 4) is 11.3 Å². The van der Waals surface area contributed by atoms with Crippen molar-refractivity contribution in [2.75, 3.05) is 0 Å². The third-order valence-corrected chi connectivity index (χ3v) is 3.61. The molecule has 2 aromatic rings. The topological polar surface area (TPSA) is 28.7 Å². The van der Waals surface area contributed by atoms with E-state index in [2.05, 4.69) is 63.6 Å². The fourth-order valence-electron chi connectivity index (χ4n) is 2.55. The molecule has 1 N–H and O–H groups in total. The fraction of sp³-hybridized carbons (Fsp3) is 0.412. The van der Waals surface area contributed by atoms with Gasteiger partial charge in [-0.15, -0.1) is 0 Å². The van der Waals surface area contributed by atoms with Crippen molar-refractivity contribution in [1.29, 1.82) is 0 Å². The summed E-state index contributed by atoms with van der Waals surface area (Å²) in [5, 5.41) is 0. The van der Waals surface area contributed by atoms with Gasteiger partial charge in [-0.05, 0) is 38.0 Å². The van der Waals surface area contributed by atoms with Crippen LogP contribution in [-0.2, 0) is 5.41 Å². The summed E-state index contributed by atoms with van der Waals surface area (Å²) in [7, 11) is 0. The van der Waals surface area contributed by atoms with E-state index in [0.29, 0.717) is 4.64 Å². The lowest BCUT2D eigenvalue weighted by atomic mass is 9.94. The van der Waals surface area contributed by atoms with Crippen molar-refractivity contribution in [1.82, 2.24) is 9.97 Å². The normalized spacial score (nSPS) is 11.7. The van der Waals surface area contributed by atoms with Gasteiger partial charge < -0.3 is 4.98 Å². The first-order valence-electron chi connectivity index (χ1n) is 6.88. The van der Waals surface area contributed by atoms with Crippen molar-refractivity contribution in [3.05, 3.63) is 45.4 Å². The number of nitrogens with one attached hydrogen (secondary N) is 1. The van der Waals surface area contributed by atoms with E-state index in [1.54, 1.807) is 0 Å². The molecule has 0 amide bonds. The third-order valence-electron chi connectivity index (χ3n) is 3.40. The first-order valence-corrected chi connectivity index (χ1v) is 7.29. The summed E-state index contributed by atoms with van der Waals surface area (Å²) in [5.41, 5.74) is 6.06. The van der Waals surface area contributed by atoms with Crippen LogP contribution in [0.25, 0.3) is 11.3 Å². The lowest BCUT2D eigenvalue weighted by Crippen LogP contribution is -2.16. The molecule has 106 valence electrons. The maximum absolute atomic E-state index is 5.34. The molecule has 1 aromatic carbocycles. The van der Waals surface area contributed by atoms with E-state index in [1.807, 2.05) is 6.07 Å². The monoisotopic (exact) mass is 286 g/mol. The molecule has 2 rings (SSSR count). The van der Waals surface area contributed by atoms with Gasteiger partial charge in [-0.1, -0.05) is 50.7 Å². The number of aromatic amines is 1. The van der Waals surface area contributed by atoms with Gasteiger partial charge in [0, 0.05) is 11.0 Å². The molecular formula is C17H22N2S. The quantitative estimate of drug-likeness (QED) is 0.745. The minimum absolute atomic E-state index is 0.0456. The summed E-state index contributed by atoms with van der Waals surface area (Å²) >= 11 is 5.34. The second-order valence-electron chi connectivity index (χ2n) is 6.51. The molecule has 0 fully saturated rings. The molecule has 1 heterocycles. The van der Waals surface area contributed by atoms with Gasteiger partial charge in [0.15, 0.2) is 0 Å². The van der Waals surface area contributed by atoms with Crippen molar-refractivity contribution < 1.29 is 0 Å². The number of aromatic nitrogens is 2. The maximum Gasteiger partial charge on any atom is 0.130 e. The van der Waals surface area contributed by atoms with E-state index in [0.717, 1.165) is 11.5 Å². The van der Waals surface area contributed by atoms with E-state index in [4.69, 9.17) is 12.2 Å². The Hall–Kier alpha value is -1.48. The SMILES string of the molecule is Cc1cc(C)c(-c2cc(=S)nc(C(C)(C)C)[nH]2)c(C)c1. The molecule has 0 aliphatic heterocycles. The summed E-state index contributed by atoms with van der Waals surface area (Å²) in [6.07, 6.45) is 0. The molecule has 1 aromatic heterocycles. The standard InChI is InChI=1S/C17H22N2S/c1-10-7-11(2)15(12(3)8-10)13-9-14(20)19-16(18-13)17(4,5)6/h7-9H,1-6H3,(H,18,19,20). The number of nitrogens with zero attached hydrogens (tertiary/aromatic N) is 1. The first-order chi connectivity index (χ1) is 9.18. The van der Waals surface area contributed by atoms with Crippen LogP contribution < -0.4 is 0 Å². The molecular weight excluding hydrogens is 264 g/mol. The van der Waals surface area contributed by atoms with Crippen LogP contribution in [0.15, 0.2) is 18.2 Å². The summed E-state index contributed by atoms with van der Waals surface area (Å²) in [6, 6.07) is 6.36. The first kappa shape index (κ1) is 14.9. The van der Waals surface area contributed by atoms with Gasteiger partial charge in [0.05, 0.1) is 5.69 Å². The summed E-state index contributed by atoms with van der Waals surface area (Å²) in [6.45, 7) is 12.8. The average molecular weight is 286 g/mol. The van der Waals surface area contributed by atoms with E-state index in [9.17, 15) is 0 Å². The number of aryl methyl sites for hydroxylation is 3. The van der Waals surface area contributed by atoms with E-state index < -0.39 is 0 Å².